The van der Waals surface area contributed by atoms with Crippen LogP contribution in [0.5, 0.6) is 0 Å². The molecule has 0 bridgehead atoms. The Morgan fingerprint density at radius 2 is 2.18 bits per heavy atom. The summed E-state index contributed by atoms with van der Waals surface area (Å²) in [5.41, 5.74) is 6.28. The van der Waals surface area contributed by atoms with E-state index in [9.17, 15) is 9.59 Å². The third-order valence-electron chi connectivity index (χ3n) is 2.41. The van der Waals surface area contributed by atoms with Crippen LogP contribution in [0.2, 0.25) is 0 Å². The largest absolute Gasteiger partial charge is 0.478 e. The molecule has 1 aromatic carbocycles. The molecule has 0 fully saturated rings. The topological polar surface area (TPSA) is 92.8 Å². The highest BCUT2D eigenvalue weighted by molar-refractivity contribution is 8.15. The number of carboxylic acids is 1. The highest BCUT2D eigenvalue weighted by atomic mass is 32.2. The molecule has 0 saturated heterocycles. The summed E-state index contributed by atoms with van der Waals surface area (Å²) >= 11 is 1.17. The van der Waals surface area contributed by atoms with Crippen molar-refractivity contribution >= 4 is 28.8 Å². The van der Waals surface area contributed by atoms with Gasteiger partial charge < -0.3 is 10.8 Å². The average molecular weight is 250 g/mol. The summed E-state index contributed by atoms with van der Waals surface area (Å²) in [5.74, 6) is -1.29. The minimum absolute atomic E-state index is 0.214. The van der Waals surface area contributed by atoms with Crippen molar-refractivity contribution in [2.45, 2.75) is 11.7 Å². The zero-order chi connectivity index (χ0) is 12.4. The SMILES string of the molecule is NC1=NC(=O)[C@@H](Cc2ccccc2C(=O)O)S1. The van der Waals surface area contributed by atoms with Crippen molar-refractivity contribution < 1.29 is 14.7 Å². The van der Waals surface area contributed by atoms with Gasteiger partial charge in [0.25, 0.3) is 5.91 Å². The molecule has 0 spiro atoms. The Labute approximate surface area is 102 Å². The molecule has 0 radical (unpaired) electrons. The zero-order valence-corrected chi connectivity index (χ0v) is 9.61. The Bertz CT molecular complexity index is 513. The maximum Gasteiger partial charge on any atom is 0.335 e. The number of amides is 1. The number of nitrogens with two attached hydrogens (primary N) is 1. The monoisotopic (exact) mass is 250 g/mol. The normalized spacial score (nSPS) is 19.2. The molecule has 0 saturated carbocycles. The lowest BCUT2D eigenvalue weighted by Crippen LogP contribution is -2.16. The molecule has 1 aliphatic heterocycles. The van der Waals surface area contributed by atoms with Crippen LogP contribution in [-0.2, 0) is 11.2 Å². The zero-order valence-electron chi connectivity index (χ0n) is 8.79. The molecule has 17 heavy (non-hydrogen) atoms. The van der Waals surface area contributed by atoms with Crippen LogP contribution in [-0.4, -0.2) is 27.4 Å². The Morgan fingerprint density at radius 3 is 2.76 bits per heavy atom. The van der Waals surface area contributed by atoms with E-state index < -0.39 is 11.2 Å². The molecule has 2 rings (SSSR count). The van der Waals surface area contributed by atoms with Gasteiger partial charge >= 0.3 is 5.97 Å². The summed E-state index contributed by atoms with van der Waals surface area (Å²) in [7, 11) is 0. The molecule has 6 heteroatoms. The number of hydrogen-bond acceptors (Lipinski definition) is 4. The molecular formula is C11H10N2O3S. The van der Waals surface area contributed by atoms with Gasteiger partial charge in [0, 0.05) is 0 Å². The molecule has 1 atom stereocenters. The number of amidine groups is 1. The number of carbonyl (C=O) groups excluding carboxylic acids is 1. The van der Waals surface area contributed by atoms with Gasteiger partial charge in [-0.25, -0.2) is 4.79 Å². The van der Waals surface area contributed by atoms with Crippen LogP contribution in [0, 0.1) is 0 Å². The second-order valence-corrected chi connectivity index (χ2v) is 4.78. The highest BCUT2D eigenvalue weighted by Gasteiger charge is 2.28. The Kier molecular flexibility index (Phi) is 3.14. The van der Waals surface area contributed by atoms with E-state index in [2.05, 4.69) is 4.99 Å². The lowest BCUT2D eigenvalue weighted by molar-refractivity contribution is -0.117. The summed E-state index contributed by atoms with van der Waals surface area (Å²) < 4.78 is 0. The van der Waals surface area contributed by atoms with Crippen molar-refractivity contribution in [3.05, 3.63) is 35.4 Å². The molecule has 0 unspecified atom stereocenters. The first kappa shape index (κ1) is 11.7. The summed E-state index contributed by atoms with van der Waals surface area (Å²) in [5, 5.41) is 8.85. The number of carboxylic acid groups (broad SMARTS) is 1. The van der Waals surface area contributed by atoms with Crippen molar-refractivity contribution in [2.24, 2.45) is 10.7 Å². The second-order valence-electron chi connectivity index (χ2n) is 3.56. The van der Waals surface area contributed by atoms with Crippen LogP contribution in [0.3, 0.4) is 0 Å². The van der Waals surface area contributed by atoms with E-state index in [4.69, 9.17) is 10.8 Å². The minimum atomic E-state index is -0.995. The summed E-state index contributed by atoms with van der Waals surface area (Å²) in [6, 6.07) is 6.62. The van der Waals surface area contributed by atoms with Gasteiger partial charge in [-0.1, -0.05) is 30.0 Å². The summed E-state index contributed by atoms with van der Waals surface area (Å²) in [6.45, 7) is 0. The van der Waals surface area contributed by atoms with Gasteiger partial charge in [0.05, 0.1) is 10.8 Å². The van der Waals surface area contributed by atoms with Crippen LogP contribution >= 0.6 is 11.8 Å². The van der Waals surface area contributed by atoms with Crippen LogP contribution < -0.4 is 5.73 Å². The van der Waals surface area contributed by atoms with Gasteiger partial charge in [-0.15, -0.1) is 0 Å². The number of carbonyl (C=O) groups is 2. The molecule has 0 aromatic heterocycles. The first-order valence-electron chi connectivity index (χ1n) is 4.94. The van der Waals surface area contributed by atoms with Crippen molar-refractivity contribution in [3.63, 3.8) is 0 Å². The predicted molar refractivity (Wildman–Crippen MR) is 65.1 cm³/mol. The molecule has 1 aromatic rings. The van der Waals surface area contributed by atoms with E-state index >= 15 is 0 Å². The molecule has 1 aliphatic rings. The third-order valence-corrected chi connectivity index (χ3v) is 3.40. The molecule has 5 nitrogen and oxygen atoms in total. The van der Waals surface area contributed by atoms with Crippen LogP contribution in [0.25, 0.3) is 0 Å². The van der Waals surface area contributed by atoms with E-state index in [1.54, 1.807) is 18.2 Å². The molecule has 1 heterocycles. The third kappa shape index (κ3) is 2.47. The molecule has 1 amide bonds. The van der Waals surface area contributed by atoms with Gasteiger partial charge in [0.15, 0.2) is 5.17 Å². The Balaban J connectivity index is 2.20. The van der Waals surface area contributed by atoms with Crippen molar-refractivity contribution in [1.82, 2.24) is 0 Å². The summed E-state index contributed by atoms with van der Waals surface area (Å²) in [4.78, 5) is 26.0. The fraction of sp³-hybridized carbons (Fsp3) is 0.182. The van der Waals surface area contributed by atoms with Crippen LogP contribution in [0.15, 0.2) is 29.3 Å². The van der Waals surface area contributed by atoms with E-state index in [-0.39, 0.29) is 16.6 Å². The van der Waals surface area contributed by atoms with E-state index in [1.165, 1.54) is 17.8 Å². The number of thioether (sulfide) groups is 1. The lowest BCUT2D eigenvalue weighted by atomic mass is 10.0. The van der Waals surface area contributed by atoms with Gasteiger partial charge in [0.1, 0.15) is 0 Å². The van der Waals surface area contributed by atoms with Gasteiger partial charge in [0.2, 0.25) is 0 Å². The van der Waals surface area contributed by atoms with Crippen LogP contribution in [0.1, 0.15) is 15.9 Å². The number of aromatic carboxylic acids is 1. The predicted octanol–water partition coefficient (Wildman–Crippen LogP) is 0.884. The van der Waals surface area contributed by atoms with Gasteiger partial charge in [-0.05, 0) is 18.1 Å². The number of rotatable bonds is 3. The fourth-order valence-corrected chi connectivity index (χ4v) is 2.49. The lowest BCUT2D eigenvalue weighted by Gasteiger charge is -2.08. The smallest absolute Gasteiger partial charge is 0.335 e. The standard InChI is InChI=1S/C11H10N2O3S/c12-11-13-9(14)8(17-11)5-6-3-1-2-4-7(6)10(15)16/h1-4,8H,5H2,(H,15,16)(H2,12,13,14)/t8-/m1/s1. The maximum absolute atomic E-state index is 11.4. The fourth-order valence-electron chi connectivity index (χ4n) is 1.64. The van der Waals surface area contributed by atoms with E-state index in [0.29, 0.717) is 12.0 Å². The number of hydrogen-bond donors (Lipinski definition) is 2. The van der Waals surface area contributed by atoms with Crippen molar-refractivity contribution in [3.8, 4) is 0 Å². The van der Waals surface area contributed by atoms with Crippen molar-refractivity contribution in [2.75, 3.05) is 0 Å². The first-order valence-corrected chi connectivity index (χ1v) is 5.82. The Hall–Kier alpha value is -1.82. The molecule has 0 aliphatic carbocycles. The summed E-state index contributed by atoms with van der Waals surface area (Å²) in [6.07, 6.45) is 0.330. The van der Waals surface area contributed by atoms with Gasteiger partial charge in [-0.3, -0.25) is 4.79 Å². The Morgan fingerprint density at radius 1 is 1.47 bits per heavy atom. The number of benzene rings is 1. The molecular weight excluding hydrogens is 240 g/mol. The highest BCUT2D eigenvalue weighted by Crippen LogP contribution is 2.24. The van der Waals surface area contributed by atoms with Crippen molar-refractivity contribution in [1.29, 1.82) is 0 Å². The average Bonchev–Trinajstić information content (AvgIpc) is 2.58. The quantitative estimate of drug-likeness (QED) is 0.830. The van der Waals surface area contributed by atoms with Gasteiger partial charge in [-0.2, -0.15) is 4.99 Å². The number of aliphatic imine (C=N–C) groups is 1. The number of nitrogens with zero attached hydrogens (tertiary/aromatic N) is 1. The van der Waals surface area contributed by atoms with Crippen LogP contribution in [0.4, 0.5) is 0 Å². The molecule has 88 valence electrons. The second kappa shape index (κ2) is 4.58. The molecule has 3 N–H and O–H groups in total. The van der Waals surface area contributed by atoms with E-state index in [0.717, 1.165) is 0 Å². The van der Waals surface area contributed by atoms with E-state index in [1.807, 2.05) is 0 Å². The first-order chi connectivity index (χ1) is 8.08. The minimum Gasteiger partial charge on any atom is -0.478 e. The maximum atomic E-state index is 11.4.